The van der Waals surface area contributed by atoms with E-state index in [0.717, 1.165) is 22.8 Å². The molecule has 1 aliphatic rings. The molecule has 0 fully saturated rings. The molecule has 1 amide bonds. The molecule has 1 unspecified atom stereocenters. The maximum atomic E-state index is 12.2. The summed E-state index contributed by atoms with van der Waals surface area (Å²) in [5, 5.41) is 2.93. The fourth-order valence-corrected chi connectivity index (χ4v) is 3.47. The van der Waals surface area contributed by atoms with Crippen LogP contribution in [0.4, 0.5) is 0 Å². The van der Waals surface area contributed by atoms with Gasteiger partial charge in [-0.25, -0.2) is 0 Å². The largest absolute Gasteiger partial charge is 0.486 e. The third-order valence-electron chi connectivity index (χ3n) is 3.68. The lowest BCUT2D eigenvalue weighted by atomic mass is 10.2. The first kappa shape index (κ1) is 14.9. The van der Waals surface area contributed by atoms with Gasteiger partial charge in [-0.05, 0) is 37.1 Å². The van der Waals surface area contributed by atoms with Crippen LogP contribution in [0.2, 0.25) is 0 Å². The molecule has 0 saturated carbocycles. The number of ether oxygens (including phenoxy) is 2. The monoisotopic (exact) mass is 317 g/mol. The minimum absolute atomic E-state index is 0.0461. The van der Waals surface area contributed by atoms with Crippen molar-refractivity contribution in [2.24, 2.45) is 0 Å². The molecule has 2 aromatic rings. The number of nitrogens with one attached hydrogen (secondary N) is 1. The molecule has 1 aromatic heterocycles. The summed E-state index contributed by atoms with van der Waals surface area (Å²) in [6, 6.07) is 9.55. The van der Waals surface area contributed by atoms with Crippen LogP contribution < -0.4 is 14.8 Å². The molecule has 0 radical (unpaired) electrons. The standard InChI is InChI=1S/C17H19NO3S/c1-3-12-8-16(22-11(12)2)17(19)18-9-13-10-20-14-6-4-5-7-15(14)21-13/h4-8,13H,3,9-10H2,1-2H3,(H,18,19). The number of rotatable bonds is 4. The summed E-state index contributed by atoms with van der Waals surface area (Å²) in [5.74, 6) is 1.44. The molecular formula is C17H19NO3S. The predicted octanol–water partition coefficient (Wildman–Crippen LogP) is 3.19. The second-order valence-electron chi connectivity index (χ2n) is 5.25. The summed E-state index contributed by atoms with van der Waals surface area (Å²) in [6.07, 6.45) is 0.789. The Hall–Kier alpha value is -2.01. The number of hydrogen-bond acceptors (Lipinski definition) is 4. The fraction of sp³-hybridized carbons (Fsp3) is 0.353. The van der Waals surface area contributed by atoms with Gasteiger partial charge in [0.2, 0.25) is 0 Å². The highest BCUT2D eigenvalue weighted by atomic mass is 32.1. The summed E-state index contributed by atoms with van der Waals surface area (Å²) in [4.78, 5) is 14.2. The molecule has 3 rings (SSSR count). The van der Waals surface area contributed by atoms with Gasteiger partial charge in [-0.15, -0.1) is 11.3 Å². The Morgan fingerprint density at radius 2 is 2.14 bits per heavy atom. The Balaban J connectivity index is 1.58. The van der Waals surface area contributed by atoms with Crippen molar-refractivity contribution >= 4 is 17.2 Å². The van der Waals surface area contributed by atoms with Crippen molar-refractivity contribution in [3.8, 4) is 11.5 Å². The first-order valence-electron chi connectivity index (χ1n) is 7.43. The summed E-state index contributed by atoms with van der Waals surface area (Å²) < 4.78 is 11.5. The zero-order chi connectivity index (χ0) is 15.5. The van der Waals surface area contributed by atoms with E-state index in [4.69, 9.17) is 9.47 Å². The van der Waals surface area contributed by atoms with Gasteiger partial charge in [-0.1, -0.05) is 19.1 Å². The van der Waals surface area contributed by atoms with Crippen LogP contribution in [0, 0.1) is 6.92 Å². The third-order valence-corrected chi connectivity index (χ3v) is 4.77. The first-order valence-corrected chi connectivity index (χ1v) is 8.25. The van der Waals surface area contributed by atoms with E-state index in [1.54, 1.807) is 0 Å². The number of carbonyl (C=O) groups excluding carboxylic acids is 1. The molecule has 0 bridgehead atoms. The molecule has 1 aliphatic heterocycles. The van der Waals surface area contributed by atoms with E-state index in [2.05, 4.69) is 19.2 Å². The Labute approximate surface area is 134 Å². The van der Waals surface area contributed by atoms with E-state index in [0.29, 0.717) is 13.2 Å². The van der Waals surface area contributed by atoms with Crippen LogP contribution in [-0.4, -0.2) is 25.2 Å². The molecule has 0 spiro atoms. The van der Waals surface area contributed by atoms with Gasteiger partial charge >= 0.3 is 0 Å². The zero-order valence-corrected chi connectivity index (χ0v) is 13.5. The van der Waals surface area contributed by atoms with Gasteiger partial charge in [0.1, 0.15) is 12.7 Å². The molecule has 0 saturated heterocycles. The smallest absolute Gasteiger partial charge is 0.261 e. The van der Waals surface area contributed by atoms with Crippen molar-refractivity contribution < 1.29 is 14.3 Å². The highest BCUT2D eigenvalue weighted by Gasteiger charge is 2.21. The number of carbonyl (C=O) groups is 1. The molecule has 22 heavy (non-hydrogen) atoms. The number of hydrogen-bond donors (Lipinski definition) is 1. The van der Waals surface area contributed by atoms with Crippen LogP contribution in [0.5, 0.6) is 11.5 Å². The molecule has 4 nitrogen and oxygen atoms in total. The van der Waals surface area contributed by atoms with Crippen molar-refractivity contribution in [2.75, 3.05) is 13.2 Å². The maximum Gasteiger partial charge on any atom is 0.261 e. The number of thiophene rings is 1. The molecule has 1 atom stereocenters. The zero-order valence-electron chi connectivity index (χ0n) is 12.7. The number of fused-ring (bicyclic) bond motifs is 1. The quantitative estimate of drug-likeness (QED) is 0.942. The van der Waals surface area contributed by atoms with Crippen molar-refractivity contribution in [3.63, 3.8) is 0 Å². The van der Waals surface area contributed by atoms with Crippen molar-refractivity contribution in [1.82, 2.24) is 5.32 Å². The lowest BCUT2D eigenvalue weighted by molar-refractivity contribution is 0.0791. The van der Waals surface area contributed by atoms with Crippen LogP contribution >= 0.6 is 11.3 Å². The lowest BCUT2D eigenvalue weighted by Crippen LogP contribution is -2.40. The Morgan fingerprint density at radius 3 is 2.86 bits per heavy atom. The van der Waals surface area contributed by atoms with Crippen LogP contribution in [0.1, 0.15) is 27.0 Å². The second-order valence-corrected chi connectivity index (χ2v) is 6.51. The van der Waals surface area contributed by atoms with Crippen LogP contribution in [0.15, 0.2) is 30.3 Å². The van der Waals surface area contributed by atoms with Crippen molar-refractivity contribution in [2.45, 2.75) is 26.4 Å². The van der Waals surface area contributed by atoms with Gasteiger partial charge in [-0.2, -0.15) is 0 Å². The topological polar surface area (TPSA) is 47.6 Å². The van der Waals surface area contributed by atoms with E-state index in [9.17, 15) is 4.79 Å². The first-order chi connectivity index (χ1) is 10.7. The van der Waals surface area contributed by atoms with E-state index >= 15 is 0 Å². The van der Waals surface area contributed by atoms with Gasteiger partial charge in [0.05, 0.1) is 11.4 Å². The van der Waals surface area contributed by atoms with Gasteiger partial charge in [-0.3, -0.25) is 4.79 Å². The minimum Gasteiger partial charge on any atom is -0.486 e. The van der Waals surface area contributed by atoms with Gasteiger partial charge in [0.15, 0.2) is 11.5 Å². The summed E-state index contributed by atoms with van der Waals surface area (Å²) >= 11 is 1.54. The second kappa shape index (κ2) is 6.40. The van der Waals surface area contributed by atoms with Crippen LogP contribution in [-0.2, 0) is 6.42 Å². The average Bonchev–Trinajstić information content (AvgIpc) is 2.93. The molecule has 1 N–H and O–H groups in total. The van der Waals surface area contributed by atoms with Crippen molar-refractivity contribution in [3.05, 3.63) is 45.6 Å². The van der Waals surface area contributed by atoms with Gasteiger partial charge < -0.3 is 14.8 Å². The molecule has 1 aromatic carbocycles. The highest BCUT2D eigenvalue weighted by molar-refractivity contribution is 7.14. The van der Waals surface area contributed by atoms with E-state index < -0.39 is 0 Å². The SMILES string of the molecule is CCc1cc(C(=O)NCC2COc3ccccc3O2)sc1C. The Bertz CT molecular complexity index is 680. The third kappa shape index (κ3) is 3.09. The van der Waals surface area contributed by atoms with Gasteiger partial charge in [0, 0.05) is 4.88 Å². The fourth-order valence-electron chi connectivity index (χ4n) is 2.44. The normalized spacial score (nSPS) is 16.4. The Morgan fingerprint density at radius 1 is 1.36 bits per heavy atom. The lowest BCUT2D eigenvalue weighted by Gasteiger charge is -2.26. The predicted molar refractivity (Wildman–Crippen MR) is 87.1 cm³/mol. The summed E-state index contributed by atoms with van der Waals surface area (Å²) in [5.41, 5.74) is 1.24. The van der Waals surface area contributed by atoms with E-state index in [1.165, 1.54) is 21.8 Å². The number of amides is 1. The highest BCUT2D eigenvalue weighted by Crippen LogP contribution is 2.30. The summed E-state index contributed by atoms with van der Waals surface area (Å²) in [7, 11) is 0. The maximum absolute atomic E-state index is 12.2. The molecule has 0 aliphatic carbocycles. The number of para-hydroxylation sites is 2. The minimum atomic E-state index is -0.162. The molecule has 5 heteroatoms. The van der Waals surface area contributed by atoms with Crippen LogP contribution in [0.25, 0.3) is 0 Å². The average molecular weight is 317 g/mol. The van der Waals surface area contributed by atoms with E-state index in [1.807, 2.05) is 30.3 Å². The number of benzene rings is 1. The molecule has 2 heterocycles. The molecular weight excluding hydrogens is 298 g/mol. The van der Waals surface area contributed by atoms with Crippen molar-refractivity contribution in [1.29, 1.82) is 0 Å². The van der Waals surface area contributed by atoms with E-state index in [-0.39, 0.29) is 12.0 Å². The number of aryl methyl sites for hydroxylation is 2. The van der Waals surface area contributed by atoms with Gasteiger partial charge in [0.25, 0.3) is 5.91 Å². The van der Waals surface area contributed by atoms with Crippen LogP contribution in [0.3, 0.4) is 0 Å². The molecule has 116 valence electrons. The summed E-state index contributed by atoms with van der Waals surface area (Å²) in [6.45, 7) is 5.03. The Kier molecular flexibility index (Phi) is 4.34.